The van der Waals surface area contributed by atoms with E-state index in [9.17, 15) is 18.0 Å². The van der Waals surface area contributed by atoms with E-state index in [0.717, 1.165) is 28.2 Å². The van der Waals surface area contributed by atoms with Crippen LogP contribution in [0.15, 0.2) is 41.3 Å². The van der Waals surface area contributed by atoms with Gasteiger partial charge in [0.25, 0.3) is 0 Å². The van der Waals surface area contributed by atoms with Crippen molar-refractivity contribution in [1.29, 1.82) is 0 Å². The Balaban J connectivity index is 1.50. The van der Waals surface area contributed by atoms with Gasteiger partial charge in [0.1, 0.15) is 6.61 Å². The second-order valence-electron chi connectivity index (χ2n) is 9.17. The quantitative estimate of drug-likeness (QED) is 0.628. The highest BCUT2D eigenvalue weighted by Crippen LogP contribution is 2.43. The topological polar surface area (TPSA) is 105 Å². The largest absolute Gasteiger partial charge is 0.461 e. The Morgan fingerprint density at radius 3 is 2.59 bits per heavy atom. The number of amides is 1. The van der Waals surface area contributed by atoms with Crippen LogP contribution in [0.25, 0.3) is 10.8 Å². The third-order valence-electron chi connectivity index (χ3n) is 6.81. The van der Waals surface area contributed by atoms with Crippen LogP contribution in [0.3, 0.4) is 0 Å². The monoisotopic (exact) mass is 507 g/mol. The van der Waals surface area contributed by atoms with Gasteiger partial charge in [-0.25, -0.2) is 8.42 Å². The van der Waals surface area contributed by atoms with E-state index in [1.165, 1.54) is 13.0 Å². The second kappa shape index (κ2) is 8.46. The van der Waals surface area contributed by atoms with E-state index in [4.69, 9.17) is 21.1 Å². The van der Waals surface area contributed by atoms with Gasteiger partial charge in [0.05, 0.1) is 30.1 Å². The first kappa shape index (κ1) is 23.5. The van der Waals surface area contributed by atoms with Crippen molar-refractivity contribution in [3.8, 4) is 0 Å². The Bertz CT molecular complexity index is 1260. The van der Waals surface area contributed by atoms with Gasteiger partial charge in [-0.15, -0.1) is 0 Å². The number of carbonyl (C=O) groups excluding carboxylic acids is 2. The van der Waals surface area contributed by atoms with E-state index in [1.807, 2.05) is 0 Å². The van der Waals surface area contributed by atoms with Crippen molar-refractivity contribution in [3.05, 3.63) is 41.4 Å². The van der Waals surface area contributed by atoms with Gasteiger partial charge in [0, 0.05) is 11.9 Å². The molecule has 3 aliphatic heterocycles. The summed E-state index contributed by atoms with van der Waals surface area (Å²) in [6.07, 6.45) is 1.36. The Morgan fingerprint density at radius 1 is 1.15 bits per heavy atom. The first-order chi connectivity index (χ1) is 16.1. The zero-order valence-corrected chi connectivity index (χ0v) is 20.3. The van der Waals surface area contributed by atoms with E-state index in [-0.39, 0.29) is 30.5 Å². The first-order valence-electron chi connectivity index (χ1n) is 11.2. The molecule has 5 rings (SSSR count). The van der Waals surface area contributed by atoms with Crippen LogP contribution in [-0.2, 0) is 29.1 Å². The van der Waals surface area contributed by atoms with Crippen LogP contribution in [-0.4, -0.2) is 80.2 Å². The maximum Gasteiger partial charge on any atom is 0.302 e. The molecule has 9 nitrogen and oxygen atoms in total. The van der Waals surface area contributed by atoms with Crippen molar-refractivity contribution in [2.75, 3.05) is 39.3 Å². The lowest BCUT2D eigenvalue weighted by molar-refractivity contribution is -0.200. The molecule has 11 heteroatoms. The molecule has 2 aromatic carbocycles. The molecule has 1 amide bonds. The zero-order valence-electron chi connectivity index (χ0n) is 18.8. The zero-order chi connectivity index (χ0) is 24.1. The molecule has 1 N–H and O–H groups in total. The molecule has 1 spiro atoms. The lowest BCUT2D eigenvalue weighted by atomic mass is 9.92. The summed E-state index contributed by atoms with van der Waals surface area (Å²) in [5.41, 5.74) is -1.96. The van der Waals surface area contributed by atoms with Gasteiger partial charge in [-0.05, 0) is 61.0 Å². The molecule has 1 atom stereocenters. The van der Waals surface area contributed by atoms with Crippen molar-refractivity contribution in [1.82, 2.24) is 14.5 Å². The highest BCUT2D eigenvalue weighted by molar-refractivity contribution is 7.89. The summed E-state index contributed by atoms with van der Waals surface area (Å²) in [6.45, 7) is 2.42. The Hall–Kier alpha value is -2.24. The number of fused-ring (bicyclic) bond motifs is 2. The van der Waals surface area contributed by atoms with Crippen molar-refractivity contribution in [2.24, 2.45) is 0 Å². The van der Waals surface area contributed by atoms with Gasteiger partial charge in [0.15, 0.2) is 5.72 Å². The minimum Gasteiger partial charge on any atom is -0.461 e. The SMILES string of the molecule is CC(=O)OCC12CN(S(=O)(=O)c3ccc4cc(Cl)ccc4c3)CC(=O)N1CC1(CCNCC1)O2. The number of nitrogens with one attached hydrogen (secondary N) is 1. The average Bonchev–Trinajstić information content (AvgIpc) is 3.12. The molecule has 0 radical (unpaired) electrons. The second-order valence-corrected chi connectivity index (χ2v) is 11.5. The summed E-state index contributed by atoms with van der Waals surface area (Å²) in [6, 6.07) is 9.98. The smallest absolute Gasteiger partial charge is 0.302 e. The molecule has 0 aromatic heterocycles. The Labute approximate surface area is 203 Å². The van der Waals surface area contributed by atoms with E-state index in [1.54, 1.807) is 35.2 Å². The third kappa shape index (κ3) is 4.07. The number of hydrogen-bond donors (Lipinski definition) is 1. The van der Waals surface area contributed by atoms with Crippen LogP contribution < -0.4 is 5.32 Å². The van der Waals surface area contributed by atoms with E-state index >= 15 is 0 Å². The Kier molecular flexibility index (Phi) is 5.84. The molecular formula is C23H26ClN3O6S. The summed E-state index contributed by atoms with van der Waals surface area (Å²) < 4.78 is 40.2. The van der Waals surface area contributed by atoms with Gasteiger partial charge < -0.3 is 19.7 Å². The van der Waals surface area contributed by atoms with Gasteiger partial charge in [-0.3, -0.25) is 9.59 Å². The molecule has 0 saturated carbocycles. The van der Waals surface area contributed by atoms with Gasteiger partial charge in [-0.1, -0.05) is 23.7 Å². The number of nitrogens with zero attached hydrogens (tertiary/aromatic N) is 2. The highest BCUT2D eigenvalue weighted by Gasteiger charge is 2.61. The molecule has 34 heavy (non-hydrogen) atoms. The summed E-state index contributed by atoms with van der Waals surface area (Å²) in [5, 5.41) is 5.37. The van der Waals surface area contributed by atoms with E-state index < -0.39 is 27.3 Å². The molecule has 0 aliphatic carbocycles. The van der Waals surface area contributed by atoms with Crippen LogP contribution in [0.4, 0.5) is 0 Å². The fourth-order valence-electron chi connectivity index (χ4n) is 5.11. The van der Waals surface area contributed by atoms with Crippen LogP contribution in [0.2, 0.25) is 5.02 Å². The van der Waals surface area contributed by atoms with Crippen LogP contribution in [0.5, 0.6) is 0 Å². The lowest BCUT2D eigenvalue weighted by Gasteiger charge is -2.44. The molecule has 0 bridgehead atoms. The predicted octanol–water partition coefficient (Wildman–Crippen LogP) is 1.74. The van der Waals surface area contributed by atoms with Crippen molar-refractivity contribution in [3.63, 3.8) is 0 Å². The van der Waals surface area contributed by atoms with Crippen molar-refractivity contribution in [2.45, 2.75) is 36.0 Å². The number of sulfonamides is 1. The van der Waals surface area contributed by atoms with Crippen LogP contribution in [0, 0.1) is 0 Å². The standard InChI is InChI=1S/C23H26ClN3O6S/c1-16(28)32-15-23-14-26(12-21(29)27(23)13-22(33-23)6-8-25-9-7-22)34(30,31)20-5-3-17-10-19(24)4-2-18(17)11-20/h2-5,10-11,25H,6-9,12-15H2,1H3. The number of piperidine rings is 1. The minimum absolute atomic E-state index is 0.0702. The third-order valence-corrected chi connectivity index (χ3v) is 8.83. The number of esters is 1. The predicted molar refractivity (Wildman–Crippen MR) is 125 cm³/mol. The van der Waals surface area contributed by atoms with Crippen LogP contribution >= 0.6 is 11.6 Å². The fourth-order valence-corrected chi connectivity index (χ4v) is 6.75. The molecule has 3 aliphatic rings. The molecule has 2 aromatic rings. The lowest BCUT2D eigenvalue weighted by Crippen LogP contribution is -2.65. The number of piperazine rings is 1. The van der Waals surface area contributed by atoms with E-state index in [0.29, 0.717) is 24.4 Å². The Morgan fingerprint density at radius 2 is 1.85 bits per heavy atom. The number of hydrogen-bond acceptors (Lipinski definition) is 7. The minimum atomic E-state index is -4.03. The maximum atomic E-state index is 13.6. The van der Waals surface area contributed by atoms with E-state index in [2.05, 4.69) is 5.32 Å². The molecular weight excluding hydrogens is 482 g/mol. The summed E-state index contributed by atoms with van der Waals surface area (Å²) in [4.78, 5) is 26.5. The molecule has 3 heterocycles. The number of carbonyl (C=O) groups is 2. The number of benzene rings is 2. The number of ether oxygens (including phenoxy) is 2. The summed E-state index contributed by atoms with van der Waals surface area (Å²) >= 11 is 6.04. The molecule has 1 unspecified atom stereocenters. The first-order valence-corrected chi connectivity index (χ1v) is 13.0. The highest BCUT2D eigenvalue weighted by atomic mass is 35.5. The molecule has 3 fully saturated rings. The summed E-state index contributed by atoms with van der Waals surface area (Å²) in [5.74, 6) is -0.894. The van der Waals surface area contributed by atoms with Crippen LogP contribution in [0.1, 0.15) is 19.8 Å². The van der Waals surface area contributed by atoms with Gasteiger partial charge >= 0.3 is 5.97 Å². The number of rotatable bonds is 4. The average molecular weight is 508 g/mol. The van der Waals surface area contributed by atoms with Crippen molar-refractivity contribution < 1.29 is 27.5 Å². The fraction of sp³-hybridized carbons (Fsp3) is 0.478. The van der Waals surface area contributed by atoms with Gasteiger partial charge in [0.2, 0.25) is 15.9 Å². The molecule has 182 valence electrons. The normalized spacial score (nSPS) is 25.0. The van der Waals surface area contributed by atoms with Crippen molar-refractivity contribution >= 4 is 44.3 Å². The van der Waals surface area contributed by atoms with Gasteiger partial charge in [-0.2, -0.15) is 4.31 Å². The maximum absolute atomic E-state index is 13.6. The number of halogens is 1. The summed E-state index contributed by atoms with van der Waals surface area (Å²) in [7, 11) is -4.03. The molecule has 3 saturated heterocycles.